The van der Waals surface area contributed by atoms with Crippen molar-refractivity contribution in [2.75, 3.05) is 11.9 Å². The molecule has 0 saturated heterocycles. The monoisotopic (exact) mass is 161 g/mol. The van der Waals surface area contributed by atoms with E-state index < -0.39 is 0 Å². The maximum Gasteiger partial charge on any atom is 0.0375 e. The van der Waals surface area contributed by atoms with Crippen molar-refractivity contribution >= 4 is 5.69 Å². The first-order chi connectivity index (χ1) is 5.79. The Balaban J connectivity index is 2.42. The van der Waals surface area contributed by atoms with Gasteiger partial charge in [-0.15, -0.1) is 0 Å². The van der Waals surface area contributed by atoms with Crippen LogP contribution in [-0.4, -0.2) is 6.54 Å². The molecule has 1 aliphatic heterocycles. The van der Waals surface area contributed by atoms with Gasteiger partial charge in [-0.1, -0.05) is 32.0 Å². The Bertz CT molecular complexity index is 280. The van der Waals surface area contributed by atoms with Crippen molar-refractivity contribution in [3.63, 3.8) is 0 Å². The molecule has 1 nitrogen and oxygen atoms in total. The van der Waals surface area contributed by atoms with E-state index in [9.17, 15) is 0 Å². The molecule has 0 spiro atoms. The van der Waals surface area contributed by atoms with E-state index in [4.69, 9.17) is 0 Å². The van der Waals surface area contributed by atoms with E-state index in [0.29, 0.717) is 5.92 Å². The summed E-state index contributed by atoms with van der Waals surface area (Å²) in [6.07, 6.45) is 0. The summed E-state index contributed by atoms with van der Waals surface area (Å²) < 4.78 is 0. The molecule has 1 heterocycles. The number of nitrogens with one attached hydrogen (secondary N) is 1. The summed E-state index contributed by atoms with van der Waals surface area (Å²) in [4.78, 5) is 0. The van der Waals surface area contributed by atoms with Gasteiger partial charge < -0.3 is 5.32 Å². The van der Waals surface area contributed by atoms with Crippen molar-refractivity contribution in [1.82, 2.24) is 0 Å². The number of rotatable bonds is 0. The molecule has 0 saturated carbocycles. The van der Waals surface area contributed by atoms with E-state index in [2.05, 4.69) is 43.4 Å². The minimum Gasteiger partial charge on any atom is -0.385 e. The third-order valence-electron chi connectivity index (χ3n) is 2.92. The molecule has 12 heavy (non-hydrogen) atoms. The van der Waals surface area contributed by atoms with Crippen LogP contribution in [0.5, 0.6) is 0 Å². The van der Waals surface area contributed by atoms with Crippen molar-refractivity contribution in [3.8, 4) is 0 Å². The van der Waals surface area contributed by atoms with Crippen LogP contribution in [0.3, 0.4) is 0 Å². The summed E-state index contributed by atoms with van der Waals surface area (Å²) in [5.74, 6) is 1.45. The summed E-state index contributed by atoms with van der Waals surface area (Å²) in [6, 6.07) is 8.60. The lowest BCUT2D eigenvalue weighted by Crippen LogP contribution is -2.23. The first-order valence-corrected chi connectivity index (χ1v) is 4.62. The van der Waals surface area contributed by atoms with Crippen molar-refractivity contribution in [1.29, 1.82) is 0 Å². The molecule has 1 N–H and O–H groups in total. The molecule has 1 aliphatic rings. The standard InChI is InChI=1S/C11H15N/c1-8-7-12-11-6-4-3-5-10(11)9(8)2/h3-6,8-9,12H,7H2,1-2H3/t8?,9-/m0/s1. The highest BCUT2D eigenvalue weighted by Crippen LogP contribution is 2.33. The molecule has 2 rings (SSSR count). The minimum absolute atomic E-state index is 0.697. The fourth-order valence-electron chi connectivity index (χ4n) is 1.81. The second-order valence-electron chi connectivity index (χ2n) is 3.73. The molecule has 0 amide bonds. The molecular formula is C11H15N. The SMILES string of the molecule is CC1CNc2ccccc2[C@H]1C. The van der Waals surface area contributed by atoms with Crippen molar-refractivity contribution in [3.05, 3.63) is 29.8 Å². The zero-order chi connectivity index (χ0) is 8.55. The second kappa shape index (κ2) is 2.81. The van der Waals surface area contributed by atoms with Gasteiger partial charge in [-0.3, -0.25) is 0 Å². The van der Waals surface area contributed by atoms with Crippen molar-refractivity contribution in [2.45, 2.75) is 19.8 Å². The van der Waals surface area contributed by atoms with Gasteiger partial charge in [-0.05, 0) is 23.5 Å². The highest BCUT2D eigenvalue weighted by Gasteiger charge is 2.21. The Kier molecular flexibility index (Phi) is 1.80. The maximum atomic E-state index is 3.44. The van der Waals surface area contributed by atoms with E-state index in [1.807, 2.05) is 0 Å². The Morgan fingerprint density at radius 2 is 2.00 bits per heavy atom. The second-order valence-corrected chi connectivity index (χ2v) is 3.73. The highest BCUT2D eigenvalue weighted by atomic mass is 14.9. The third kappa shape index (κ3) is 1.09. The number of anilines is 1. The summed E-state index contributed by atoms with van der Waals surface area (Å²) in [6.45, 7) is 5.72. The average molecular weight is 161 g/mol. The molecule has 1 aromatic rings. The van der Waals surface area contributed by atoms with Gasteiger partial charge in [0.05, 0.1) is 0 Å². The first kappa shape index (κ1) is 7.66. The number of benzene rings is 1. The van der Waals surface area contributed by atoms with E-state index in [0.717, 1.165) is 12.5 Å². The van der Waals surface area contributed by atoms with Crippen LogP contribution in [0.15, 0.2) is 24.3 Å². The lowest BCUT2D eigenvalue weighted by molar-refractivity contribution is 0.497. The number of fused-ring (bicyclic) bond motifs is 1. The predicted molar refractivity (Wildman–Crippen MR) is 52.5 cm³/mol. The Hall–Kier alpha value is -0.980. The molecule has 1 unspecified atom stereocenters. The number of hydrogen-bond acceptors (Lipinski definition) is 1. The van der Waals surface area contributed by atoms with Gasteiger partial charge in [0.15, 0.2) is 0 Å². The van der Waals surface area contributed by atoms with Gasteiger partial charge in [0.1, 0.15) is 0 Å². The minimum atomic E-state index is 0.697. The number of hydrogen-bond donors (Lipinski definition) is 1. The smallest absolute Gasteiger partial charge is 0.0375 e. The van der Waals surface area contributed by atoms with Gasteiger partial charge in [-0.2, -0.15) is 0 Å². The van der Waals surface area contributed by atoms with Crippen LogP contribution in [0.2, 0.25) is 0 Å². The molecule has 2 atom stereocenters. The largest absolute Gasteiger partial charge is 0.385 e. The molecule has 0 fully saturated rings. The van der Waals surface area contributed by atoms with Crippen LogP contribution in [0.4, 0.5) is 5.69 Å². The lowest BCUT2D eigenvalue weighted by Gasteiger charge is -2.29. The topological polar surface area (TPSA) is 12.0 Å². The van der Waals surface area contributed by atoms with Crippen LogP contribution in [0.1, 0.15) is 25.3 Å². The Morgan fingerprint density at radius 1 is 1.25 bits per heavy atom. The van der Waals surface area contributed by atoms with E-state index in [1.165, 1.54) is 11.3 Å². The summed E-state index contributed by atoms with van der Waals surface area (Å²) in [7, 11) is 0. The molecular weight excluding hydrogens is 146 g/mol. The highest BCUT2D eigenvalue weighted by molar-refractivity contribution is 5.54. The third-order valence-corrected chi connectivity index (χ3v) is 2.92. The number of para-hydroxylation sites is 1. The van der Waals surface area contributed by atoms with Crippen molar-refractivity contribution in [2.24, 2.45) is 5.92 Å². The average Bonchev–Trinajstić information content (AvgIpc) is 2.12. The summed E-state index contributed by atoms with van der Waals surface area (Å²) in [5.41, 5.74) is 2.79. The van der Waals surface area contributed by atoms with Gasteiger partial charge in [0, 0.05) is 12.2 Å². The van der Waals surface area contributed by atoms with Crippen LogP contribution in [0.25, 0.3) is 0 Å². The Labute approximate surface area is 73.8 Å². The molecule has 1 aromatic carbocycles. The van der Waals surface area contributed by atoms with E-state index >= 15 is 0 Å². The fourth-order valence-corrected chi connectivity index (χ4v) is 1.81. The zero-order valence-electron chi connectivity index (χ0n) is 7.67. The van der Waals surface area contributed by atoms with Gasteiger partial charge in [0.2, 0.25) is 0 Å². The van der Waals surface area contributed by atoms with E-state index in [1.54, 1.807) is 0 Å². The van der Waals surface area contributed by atoms with Crippen molar-refractivity contribution < 1.29 is 0 Å². The van der Waals surface area contributed by atoms with Gasteiger partial charge >= 0.3 is 0 Å². The molecule has 1 heteroatoms. The lowest BCUT2D eigenvalue weighted by atomic mass is 9.85. The molecule has 0 aromatic heterocycles. The maximum absolute atomic E-state index is 3.44. The summed E-state index contributed by atoms with van der Waals surface area (Å²) >= 11 is 0. The molecule has 0 radical (unpaired) electrons. The normalized spacial score (nSPS) is 27.5. The quantitative estimate of drug-likeness (QED) is 0.617. The van der Waals surface area contributed by atoms with Gasteiger partial charge in [0.25, 0.3) is 0 Å². The van der Waals surface area contributed by atoms with Crippen LogP contribution >= 0.6 is 0 Å². The molecule has 0 aliphatic carbocycles. The van der Waals surface area contributed by atoms with Crippen LogP contribution < -0.4 is 5.32 Å². The van der Waals surface area contributed by atoms with Crippen LogP contribution in [-0.2, 0) is 0 Å². The molecule has 0 bridgehead atoms. The first-order valence-electron chi connectivity index (χ1n) is 4.62. The molecule has 64 valence electrons. The predicted octanol–water partition coefficient (Wildman–Crippen LogP) is 2.85. The fraction of sp³-hybridized carbons (Fsp3) is 0.455. The van der Waals surface area contributed by atoms with Gasteiger partial charge in [-0.25, -0.2) is 0 Å². The zero-order valence-corrected chi connectivity index (χ0v) is 7.67. The van der Waals surface area contributed by atoms with E-state index in [-0.39, 0.29) is 0 Å². The summed E-state index contributed by atoms with van der Waals surface area (Å²) in [5, 5.41) is 3.44. The van der Waals surface area contributed by atoms with Crippen LogP contribution in [0, 0.1) is 5.92 Å². The Morgan fingerprint density at radius 3 is 2.83 bits per heavy atom.